The molecule has 0 bridgehead atoms. The number of nitrogens with zero attached hydrogens (tertiary/aromatic N) is 4. The number of hydrogen-bond acceptors (Lipinski definition) is 7. The molecule has 32 heavy (non-hydrogen) atoms. The number of thioether (sulfide) groups is 1. The van der Waals surface area contributed by atoms with Crippen LogP contribution in [0.5, 0.6) is 11.5 Å². The van der Waals surface area contributed by atoms with E-state index in [9.17, 15) is 4.79 Å². The normalized spacial score (nSPS) is 13.3. The van der Waals surface area contributed by atoms with E-state index in [0.717, 1.165) is 11.1 Å². The molecule has 0 saturated carbocycles. The highest BCUT2D eigenvalue weighted by atomic mass is 35.5. The maximum atomic E-state index is 12.5. The average Bonchev–Trinajstić information content (AvgIpc) is 3.41. The van der Waals surface area contributed by atoms with Crippen molar-refractivity contribution in [3.63, 3.8) is 0 Å². The van der Waals surface area contributed by atoms with Gasteiger partial charge < -0.3 is 9.47 Å². The number of allylic oxidation sites excluding steroid dienone is 1. The molecule has 1 aromatic heterocycles. The van der Waals surface area contributed by atoms with E-state index in [1.54, 1.807) is 43.5 Å². The van der Waals surface area contributed by atoms with Crippen LogP contribution in [0.1, 0.15) is 12.5 Å². The van der Waals surface area contributed by atoms with Crippen LogP contribution in [0, 0.1) is 0 Å². The standard InChI is InChI=1S/C22H20ClN5O3S/c1-3-10-28-20(16-5-7-17(23)8-6-16)25-27-22(28)32-14(2)21(29)26-24-12-15-4-9-18-19(11-15)31-13-30-18/h3-9,11-12,14H,1,10,13H2,2H3,(H,26,29). The molecule has 0 spiro atoms. The molecule has 10 heteroatoms. The zero-order valence-electron chi connectivity index (χ0n) is 17.2. The second-order valence-electron chi connectivity index (χ2n) is 6.82. The van der Waals surface area contributed by atoms with Gasteiger partial charge in [-0.1, -0.05) is 29.4 Å². The van der Waals surface area contributed by atoms with Crippen molar-refractivity contribution in [1.29, 1.82) is 0 Å². The van der Waals surface area contributed by atoms with E-state index in [1.807, 2.05) is 22.8 Å². The lowest BCUT2D eigenvalue weighted by atomic mass is 10.2. The molecule has 0 aliphatic carbocycles. The lowest BCUT2D eigenvalue weighted by Crippen LogP contribution is -2.27. The van der Waals surface area contributed by atoms with Crippen LogP contribution >= 0.6 is 23.4 Å². The van der Waals surface area contributed by atoms with Gasteiger partial charge in [0.25, 0.3) is 5.91 Å². The summed E-state index contributed by atoms with van der Waals surface area (Å²) in [7, 11) is 0. The summed E-state index contributed by atoms with van der Waals surface area (Å²) in [4.78, 5) is 12.5. The molecular weight excluding hydrogens is 450 g/mol. The number of amides is 1. The monoisotopic (exact) mass is 469 g/mol. The Morgan fingerprint density at radius 2 is 2.06 bits per heavy atom. The Bertz CT molecular complexity index is 1160. The summed E-state index contributed by atoms with van der Waals surface area (Å²) in [6.45, 7) is 6.30. The summed E-state index contributed by atoms with van der Waals surface area (Å²) in [5.74, 6) is 1.77. The number of hydrazone groups is 1. The molecular formula is C22H20ClN5O3S. The molecule has 4 rings (SSSR count). The molecule has 1 aliphatic heterocycles. The minimum absolute atomic E-state index is 0.206. The van der Waals surface area contributed by atoms with Crippen LogP contribution in [0.3, 0.4) is 0 Å². The summed E-state index contributed by atoms with van der Waals surface area (Å²) in [5.41, 5.74) is 4.22. The molecule has 1 atom stereocenters. The van der Waals surface area contributed by atoms with E-state index in [-0.39, 0.29) is 12.7 Å². The number of halogens is 1. The van der Waals surface area contributed by atoms with Gasteiger partial charge >= 0.3 is 0 Å². The van der Waals surface area contributed by atoms with E-state index in [0.29, 0.717) is 34.0 Å². The van der Waals surface area contributed by atoms with Crippen LogP contribution in [-0.2, 0) is 11.3 Å². The van der Waals surface area contributed by atoms with Crippen LogP contribution in [0.15, 0.2) is 65.4 Å². The van der Waals surface area contributed by atoms with Gasteiger partial charge in [-0.15, -0.1) is 16.8 Å². The number of ether oxygens (including phenoxy) is 2. The van der Waals surface area contributed by atoms with Gasteiger partial charge in [0.05, 0.1) is 11.5 Å². The smallest absolute Gasteiger partial charge is 0.253 e. The summed E-state index contributed by atoms with van der Waals surface area (Å²) in [6, 6.07) is 12.8. The van der Waals surface area contributed by atoms with Gasteiger partial charge in [0.15, 0.2) is 22.5 Å². The quantitative estimate of drug-likeness (QED) is 0.231. The predicted octanol–water partition coefficient (Wildman–Crippen LogP) is 4.14. The fraction of sp³-hybridized carbons (Fsp3) is 0.182. The van der Waals surface area contributed by atoms with Gasteiger partial charge in [-0.25, -0.2) is 5.43 Å². The topological polar surface area (TPSA) is 90.6 Å². The number of carbonyl (C=O) groups excluding carboxylic acids is 1. The largest absolute Gasteiger partial charge is 0.454 e. The van der Waals surface area contributed by atoms with E-state index in [1.165, 1.54) is 11.8 Å². The molecule has 1 aliphatic rings. The fourth-order valence-corrected chi connectivity index (χ4v) is 3.93. The van der Waals surface area contributed by atoms with E-state index in [2.05, 4.69) is 27.3 Å². The number of benzene rings is 2. The predicted molar refractivity (Wildman–Crippen MR) is 124 cm³/mol. The van der Waals surface area contributed by atoms with Gasteiger partial charge in [-0.2, -0.15) is 5.10 Å². The van der Waals surface area contributed by atoms with Gasteiger partial charge in [-0.3, -0.25) is 9.36 Å². The van der Waals surface area contributed by atoms with Crippen molar-refractivity contribution in [2.45, 2.75) is 23.9 Å². The molecule has 1 unspecified atom stereocenters. The van der Waals surface area contributed by atoms with E-state index >= 15 is 0 Å². The van der Waals surface area contributed by atoms with Gasteiger partial charge in [-0.05, 0) is 55.0 Å². The summed E-state index contributed by atoms with van der Waals surface area (Å²) >= 11 is 7.28. The fourth-order valence-electron chi connectivity index (χ4n) is 2.95. The number of rotatable bonds is 8. The van der Waals surface area contributed by atoms with Gasteiger partial charge in [0.2, 0.25) is 6.79 Å². The first kappa shape index (κ1) is 21.9. The summed E-state index contributed by atoms with van der Waals surface area (Å²) in [5, 5.41) is 13.4. The maximum Gasteiger partial charge on any atom is 0.253 e. The first-order valence-electron chi connectivity index (χ1n) is 9.74. The van der Waals surface area contributed by atoms with Crippen LogP contribution in [0.4, 0.5) is 0 Å². The number of carbonyl (C=O) groups is 1. The molecule has 0 radical (unpaired) electrons. The van der Waals surface area contributed by atoms with Crippen molar-refractivity contribution >= 4 is 35.5 Å². The highest BCUT2D eigenvalue weighted by molar-refractivity contribution is 8.00. The molecule has 8 nitrogen and oxygen atoms in total. The highest BCUT2D eigenvalue weighted by Crippen LogP contribution is 2.32. The first-order valence-corrected chi connectivity index (χ1v) is 11.0. The average molecular weight is 470 g/mol. The minimum atomic E-state index is -0.449. The SMILES string of the molecule is C=CCn1c(SC(C)C(=O)NN=Cc2ccc3c(c2)OCO3)nnc1-c1ccc(Cl)cc1. The molecule has 1 N–H and O–H groups in total. The molecule has 0 fully saturated rings. The number of hydrogen-bond donors (Lipinski definition) is 1. The van der Waals surface area contributed by atoms with Crippen molar-refractivity contribution in [3.8, 4) is 22.9 Å². The second-order valence-corrected chi connectivity index (χ2v) is 8.56. The Morgan fingerprint density at radius 3 is 2.84 bits per heavy atom. The van der Waals surface area contributed by atoms with E-state index in [4.69, 9.17) is 21.1 Å². The van der Waals surface area contributed by atoms with Crippen molar-refractivity contribution in [2.75, 3.05) is 6.79 Å². The third-order valence-corrected chi connectivity index (χ3v) is 5.90. The van der Waals surface area contributed by atoms with Crippen molar-refractivity contribution in [1.82, 2.24) is 20.2 Å². The first-order chi connectivity index (χ1) is 15.5. The number of aromatic nitrogens is 3. The Labute approximate surface area is 194 Å². The van der Waals surface area contributed by atoms with Gasteiger partial charge in [0.1, 0.15) is 0 Å². The van der Waals surface area contributed by atoms with Crippen LogP contribution < -0.4 is 14.9 Å². The molecule has 164 valence electrons. The Balaban J connectivity index is 1.41. The molecule has 3 aromatic rings. The van der Waals surface area contributed by atoms with Crippen LogP contribution in [-0.4, -0.2) is 38.9 Å². The Kier molecular flexibility index (Phi) is 6.77. The van der Waals surface area contributed by atoms with E-state index < -0.39 is 5.25 Å². The number of fused-ring (bicyclic) bond motifs is 1. The molecule has 0 saturated heterocycles. The zero-order chi connectivity index (χ0) is 22.5. The minimum Gasteiger partial charge on any atom is -0.454 e. The van der Waals surface area contributed by atoms with Gasteiger partial charge in [0, 0.05) is 17.1 Å². The zero-order valence-corrected chi connectivity index (χ0v) is 18.8. The Morgan fingerprint density at radius 1 is 1.28 bits per heavy atom. The third-order valence-electron chi connectivity index (χ3n) is 4.57. The van der Waals surface area contributed by atoms with Crippen LogP contribution in [0.2, 0.25) is 5.02 Å². The van der Waals surface area contributed by atoms with Crippen molar-refractivity contribution in [2.24, 2.45) is 5.10 Å². The van der Waals surface area contributed by atoms with Crippen molar-refractivity contribution < 1.29 is 14.3 Å². The third kappa shape index (κ3) is 4.95. The Hall–Kier alpha value is -3.30. The lowest BCUT2D eigenvalue weighted by molar-refractivity contribution is -0.120. The molecule has 2 aromatic carbocycles. The van der Waals surface area contributed by atoms with Crippen molar-refractivity contribution in [3.05, 3.63) is 65.7 Å². The summed E-state index contributed by atoms with van der Waals surface area (Å²) < 4.78 is 12.5. The second kappa shape index (κ2) is 9.88. The van der Waals surface area contributed by atoms with Crippen LogP contribution in [0.25, 0.3) is 11.4 Å². The molecule has 1 amide bonds. The summed E-state index contributed by atoms with van der Waals surface area (Å²) in [6.07, 6.45) is 3.31. The maximum absolute atomic E-state index is 12.5. The number of nitrogens with one attached hydrogen (secondary N) is 1. The highest BCUT2D eigenvalue weighted by Gasteiger charge is 2.20. The lowest BCUT2D eigenvalue weighted by Gasteiger charge is -2.11. The molecule has 2 heterocycles.